The van der Waals surface area contributed by atoms with Gasteiger partial charge in [-0.3, -0.25) is 4.79 Å². The van der Waals surface area contributed by atoms with E-state index in [4.69, 9.17) is 21.1 Å². The van der Waals surface area contributed by atoms with Crippen molar-refractivity contribution >= 4 is 34.2 Å². The quantitative estimate of drug-likeness (QED) is 0.325. The molecule has 0 saturated carbocycles. The SMILES string of the molecule is CCOc1ccc2[nH]c(=O)c(CN(Cc3ccc(OC)cc3)C(=O)Nc3cccc(Cl)c3)cc2c1. The number of nitrogens with one attached hydrogen (secondary N) is 2. The molecule has 2 N–H and O–H groups in total. The molecule has 0 unspecified atom stereocenters. The number of urea groups is 1. The Labute approximate surface area is 208 Å². The zero-order valence-electron chi connectivity index (χ0n) is 19.5. The smallest absolute Gasteiger partial charge is 0.322 e. The maximum absolute atomic E-state index is 13.3. The number of amides is 2. The van der Waals surface area contributed by atoms with Crippen molar-refractivity contribution in [3.05, 3.63) is 99.3 Å². The maximum atomic E-state index is 13.3. The van der Waals surface area contributed by atoms with E-state index in [0.29, 0.717) is 34.1 Å². The van der Waals surface area contributed by atoms with E-state index in [1.807, 2.05) is 49.4 Å². The van der Waals surface area contributed by atoms with Gasteiger partial charge in [0, 0.05) is 33.7 Å². The van der Waals surface area contributed by atoms with Gasteiger partial charge in [0.15, 0.2) is 0 Å². The number of halogens is 1. The second-order valence-electron chi connectivity index (χ2n) is 7.95. The maximum Gasteiger partial charge on any atom is 0.322 e. The predicted molar refractivity (Wildman–Crippen MR) is 138 cm³/mol. The number of fused-ring (bicyclic) bond motifs is 1. The van der Waals surface area contributed by atoms with Crippen LogP contribution >= 0.6 is 11.6 Å². The molecule has 0 radical (unpaired) electrons. The van der Waals surface area contributed by atoms with Crippen molar-refractivity contribution < 1.29 is 14.3 Å². The Morgan fingerprint density at radius 2 is 1.77 bits per heavy atom. The number of nitrogens with zero attached hydrogens (tertiary/aromatic N) is 1. The molecule has 0 aliphatic carbocycles. The topological polar surface area (TPSA) is 83.7 Å². The van der Waals surface area contributed by atoms with Crippen molar-refractivity contribution in [2.24, 2.45) is 0 Å². The van der Waals surface area contributed by atoms with E-state index in [0.717, 1.165) is 16.7 Å². The number of pyridine rings is 1. The Kier molecular flexibility index (Phi) is 7.57. The van der Waals surface area contributed by atoms with Crippen molar-refractivity contribution in [3.63, 3.8) is 0 Å². The number of hydrogen-bond donors (Lipinski definition) is 2. The van der Waals surface area contributed by atoms with Crippen LogP contribution in [0.2, 0.25) is 5.02 Å². The number of carbonyl (C=O) groups is 1. The van der Waals surface area contributed by atoms with E-state index < -0.39 is 0 Å². The molecule has 0 atom stereocenters. The zero-order chi connectivity index (χ0) is 24.8. The summed E-state index contributed by atoms with van der Waals surface area (Å²) in [5.41, 5.74) is 2.36. The molecule has 4 aromatic rings. The number of aromatic amines is 1. The van der Waals surface area contributed by atoms with E-state index in [-0.39, 0.29) is 24.7 Å². The van der Waals surface area contributed by atoms with E-state index in [1.54, 1.807) is 42.3 Å². The van der Waals surface area contributed by atoms with Crippen LogP contribution in [0.1, 0.15) is 18.1 Å². The Morgan fingerprint density at radius 3 is 2.49 bits per heavy atom. The summed E-state index contributed by atoms with van der Waals surface area (Å²) in [6, 6.07) is 21.3. The third kappa shape index (κ3) is 6.13. The fourth-order valence-corrected chi connectivity index (χ4v) is 3.92. The largest absolute Gasteiger partial charge is 0.497 e. The highest BCUT2D eigenvalue weighted by atomic mass is 35.5. The minimum absolute atomic E-state index is 0.0998. The molecule has 0 aliphatic rings. The predicted octanol–water partition coefficient (Wildman–Crippen LogP) is 5.82. The highest BCUT2D eigenvalue weighted by Crippen LogP contribution is 2.21. The average molecular weight is 492 g/mol. The number of H-pyrrole nitrogens is 1. The van der Waals surface area contributed by atoms with Gasteiger partial charge >= 0.3 is 6.03 Å². The number of aromatic nitrogens is 1. The minimum atomic E-state index is -0.356. The number of rotatable bonds is 8. The number of ether oxygens (including phenoxy) is 2. The van der Waals surface area contributed by atoms with E-state index in [9.17, 15) is 9.59 Å². The molecule has 0 spiro atoms. The molecule has 35 heavy (non-hydrogen) atoms. The summed E-state index contributed by atoms with van der Waals surface area (Å²) in [5, 5.41) is 4.21. The molecule has 1 aromatic heterocycles. The zero-order valence-corrected chi connectivity index (χ0v) is 20.3. The molecule has 7 nitrogen and oxygen atoms in total. The van der Waals surface area contributed by atoms with Crippen LogP contribution in [-0.4, -0.2) is 29.6 Å². The Hall–Kier alpha value is -3.97. The van der Waals surface area contributed by atoms with Crippen LogP contribution < -0.4 is 20.3 Å². The lowest BCUT2D eigenvalue weighted by atomic mass is 10.1. The van der Waals surface area contributed by atoms with Gasteiger partial charge in [0.2, 0.25) is 0 Å². The number of methoxy groups -OCH3 is 1. The van der Waals surface area contributed by atoms with Crippen molar-refractivity contribution in [1.29, 1.82) is 0 Å². The molecule has 1 heterocycles. The molecule has 8 heteroatoms. The molecule has 4 rings (SSSR count). The molecule has 2 amide bonds. The molecule has 0 saturated heterocycles. The standard InChI is InChI=1S/C27H26ClN3O4/c1-3-35-24-11-12-25-19(14-24)13-20(26(32)30-25)17-31(16-18-7-9-23(34-2)10-8-18)27(33)29-22-6-4-5-21(28)15-22/h4-15H,3,16-17H2,1-2H3,(H,29,33)(H,30,32). The fraction of sp³-hybridized carbons (Fsp3) is 0.185. The second kappa shape index (κ2) is 11.0. The second-order valence-corrected chi connectivity index (χ2v) is 8.39. The summed E-state index contributed by atoms with van der Waals surface area (Å²) in [7, 11) is 1.60. The molecule has 0 bridgehead atoms. The summed E-state index contributed by atoms with van der Waals surface area (Å²) in [6.07, 6.45) is 0. The number of anilines is 1. The van der Waals surface area contributed by atoms with Crippen LogP contribution in [0.25, 0.3) is 10.9 Å². The van der Waals surface area contributed by atoms with Gasteiger partial charge in [-0.2, -0.15) is 0 Å². The first kappa shape index (κ1) is 24.2. The average Bonchev–Trinajstić information content (AvgIpc) is 2.85. The Balaban J connectivity index is 1.65. The van der Waals surface area contributed by atoms with Gasteiger partial charge in [0.25, 0.3) is 5.56 Å². The number of carbonyl (C=O) groups excluding carboxylic acids is 1. The van der Waals surface area contributed by atoms with Crippen LogP contribution in [-0.2, 0) is 13.1 Å². The normalized spacial score (nSPS) is 10.7. The third-order valence-corrected chi connectivity index (χ3v) is 5.70. The summed E-state index contributed by atoms with van der Waals surface area (Å²) < 4.78 is 10.8. The van der Waals surface area contributed by atoms with Gasteiger partial charge in [-0.05, 0) is 67.1 Å². The van der Waals surface area contributed by atoms with E-state index in [1.165, 1.54) is 0 Å². The van der Waals surface area contributed by atoms with E-state index in [2.05, 4.69) is 10.3 Å². The monoisotopic (exact) mass is 491 g/mol. The molecular formula is C27H26ClN3O4. The Morgan fingerprint density at radius 1 is 1.00 bits per heavy atom. The molecule has 180 valence electrons. The van der Waals surface area contributed by atoms with Crippen molar-refractivity contribution in [1.82, 2.24) is 9.88 Å². The molecule has 3 aromatic carbocycles. The molecule has 0 fully saturated rings. The minimum Gasteiger partial charge on any atom is -0.497 e. The summed E-state index contributed by atoms with van der Waals surface area (Å²) in [6.45, 7) is 2.84. The number of hydrogen-bond acceptors (Lipinski definition) is 4. The highest BCUT2D eigenvalue weighted by Gasteiger charge is 2.18. The van der Waals surface area contributed by atoms with Crippen LogP contribution in [0.5, 0.6) is 11.5 Å². The summed E-state index contributed by atoms with van der Waals surface area (Å²) >= 11 is 6.07. The van der Waals surface area contributed by atoms with Gasteiger partial charge in [-0.25, -0.2) is 4.79 Å². The first-order chi connectivity index (χ1) is 16.9. The first-order valence-electron chi connectivity index (χ1n) is 11.2. The van der Waals surface area contributed by atoms with Crippen molar-refractivity contribution in [3.8, 4) is 11.5 Å². The summed E-state index contributed by atoms with van der Waals surface area (Å²) in [5.74, 6) is 1.44. The highest BCUT2D eigenvalue weighted by molar-refractivity contribution is 6.30. The van der Waals surface area contributed by atoms with Gasteiger partial charge < -0.3 is 24.7 Å². The lowest BCUT2D eigenvalue weighted by Crippen LogP contribution is -2.35. The number of benzene rings is 3. The van der Waals surface area contributed by atoms with Crippen LogP contribution in [0.15, 0.2) is 77.6 Å². The van der Waals surface area contributed by atoms with Crippen molar-refractivity contribution in [2.75, 3.05) is 19.0 Å². The van der Waals surface area contributed by atoms with Crippen LogP contribution in [0, 0.1) is 0 Å². The lowest BCUT2D eigenvalue weighted by molar-refractivity contribution is 0.206. The van der Waals surface area contributed by atoms with E-state index >= 15 is 0 Å². The van der Waals surface area contributed by atoms with Gasteiger partial charge in [0.05, 0.1) is 20.3 Å². The fourth-order valence-electron chi connectivity index (χ4n) is 3.73. The van der Waals surface area contributed by atoms with Gasteiger partial charge in [0.1, 0.15) is 11.5 Å². The van der Waals surface area contributed by atoms with Gasteiger partial charge in [-0.15, -0.1) is 0 Å². The first-order valence-corrected chi connectivity index (χ1v) is 11.6. The van der Waals surface area contributed by atoms with Crippen LogP contribution in [0.3, 0.4) is 0 Å². The third-order valence-electron chi connectivity index (χ3n) is 5.46. The Bertz CT molecular complexity index is 1390. The summed E-state index contributed by atoms with van der Waals surface area (Å²) in [4.78, 5) is 30.6. The lowest BCUT2D eigenvalue weighted by Gasteiger charge is -2.23. The molecule has 0 aliphatic heterocycles. The molecular weight excluding hydrogens is 466 g/mol. The van der Waals surface area contributed by atoms with Crippen LogP contribution in [0.4, 0.5) is 10.5 Å². The van der Waals surface area contributed by atoms with Crippen molar-refractivity contribution in [2.45, 2.75) is 20.0 Å². The van der Waals surface area contributed by atoms with Gasteiger partial charge in [-0.1, -0.05) is 29.8 Å².